The molecule has 0 saturated heterocycles. The minimum Gasteiger partial charge on any atom is -0.462 e. The highest BCUT2D eigenvalue weighted by Gasteiger charge is 2.09. The molecule has 12 heavy (non-hydrogen) atoms. The summed E-state index contributed by atoms with van der Waals surface area (Å²) in [5, 5.41) is 17.7. The van der Waals surface area contributed by atoms with E-state index in [0.717, 1.165) is 13.1 Å². The molecule has 0 saturated carbocycles. The van der Waals surface area contributed by atoms with Gasteiger partial charge in [0.15, 0.2) is 0 Å². The van der Waals surface area contributed by atoms with Gasteiger partial charge in [0.05, 0.1) is 0 Å². The van der Waals surface area contributed by atoms with Crippen LogP contribution in [0.1, 0.15) is 26.7 Å². The van der Waals surface area contributed by atoms with Crippen LogP contribution in [0.25, 0.3) is 0 Å². The molecule has 0 fully saturated rings. The van der Waals surface area contributed by atoms with Gasteiger partial charge in [-0.15, -0.1) is 0 Å². The van der Waals surface area contributed by atoms with Crippen molar-refractivity contribution in [2.75, 3.05) is 13.1 Å². The van der Waals surface area contributed by atoms with Crippen molar-refractivity contribution in [2.45, 2.75) is 32.9 Å². The number of aliphatic hydroxyl groups is 2. The lowest BCUT2D eigenvalue weighted by atomic mass is 10.2. The zero-order chi connectivity index (χ0) is 9.40. The van der Waals surface area contributed by atoms with E-state index in [-0.39, 0.29) is 0 Å². The molecule has 1 atom stereocenters. The minimum atomic E-state index is -0.430. The average molecular weight is 171 g/mol. The summed E-state index contributed by atoms with van der Waals surface area (Å²) in [7, 11) is 0. The Bertz CT molecular complexity index is 156. The first-order valence-corrected chi connectivity index (χ1v) is 4.30. The van der Waals surface area contributed by atoms with E-state index >= 15 is 0 Å². The summed E-state index contributed by atoms with van der Waals surface area (Å²) in [6, 6.07) is 0. The molecule has 1 unspecified atom stereocenters. The standard InChI is InChI=1S/C9H17NO2/c1-3-10(4-2)9(12)7-5-6-8-11/h9,11-12H,3-5,7H2,1-2H3. The van der Waals surface area contributed by atoms with Gasteiger partial charge in [-0.05, 0) is 19.5 Å². The van der Waals surface area contributed by atoms with Crippen LogP contribution in [-0.2, 0) is 0 Å². The van der Waals surface area contributed by atoms with Gasteiger partial charge < -0.3 is 10.2 Å². The molecule has 70 valence electrons. The third kappa shape index (κ3) is 4.22. The van der Waals surface area contributed by atoms with E-state index < -0.39 is 6.23 Å². The monoisotopic (exact) mass is 171 g/mol. The van der Waals surface area contributed by atoms with Gasteiger partial charge in [0, 0.05) is 6.42 Å². The van der Waals surface area contributed by atoms with Crippen LogP contribution in [-0.4, -0.2) is 34.4 Å². The molecule has 3 heteroatoms. The molecule has 0 amide bonds. The Morgan fingerprint density at radius 3 is 2.33 bits per heavy atom. The Balaban J connectivity index is 3.65. The van der Waals surface area contributed by atoms with Crippen LogP contribution in [0.3, 0.4) is 0 Å². The minimum absolute atomic E-state index is 0.430. The molecular weight excluding hydrogens is 154 g/mol. The van der Waals surface area contributed by atoms with Crippen LogP contribution in [0, 0.1) is 12.0 Å². The van der Waals surface area contributed by atoms with Crippen molar-refractivity contribution in [1.82, 2.24) is 4.90 Å². The maximum absolute atomic E-state index is 9.51. The first-order chi connectivity index (χ1) is 5.76. The highest BCUT2D eigenvalue weighted by Crippen LogP contribution is 2.02. The van der Waals surface area contributed by atoms with Gasteiger partial charge in [0.25, 0.3) is 0 Å². The molecule has 0 aliphatic carbocycles. The zero-order valence-electron chi connectivity index (χ0n) is 7.75. The van der Waals surface area contributed by atoms with Gasteiger partial charge in [-0.2, -0.15) is 0 Å². The second-order valence-corrected chi connectivity index (χ2v) is 2.53. The highest BCUT2D eigenvalue weighted by molar-refractivity contribution is 4.89. The molecule has 0 rings (SSSR count). The summed E-state index contributed by atoms with van der Waals surface area (Å²) in [6.45, 7) is 5.68. The Labute approximate surface area is 74.0 Å². The molecule has 0 aliphatic heterocycles. The summed E-state index contributed by atoms with van der Waals surface area (Å²) in [5.74, 6) is 2.50. The summed E-state index contributed by atoms with van der Waals surface area (Å²) >= 11 is 0. The van der Waals surface area contributed by atoms with Gasteiger partial charge in [0.1, 0.15) is 12.3 Å². The maximum Gasteiger partial charge on any atom is 0.108 e. The van der Waals surface area contributed by atoms with E-state index in [1.807, 2.05) is 24.9 Å². The van der Waals surface area contributed by atoms with Gasteiger partial charge in [-0.3, -0.25) is 4.90 Å². The third-order valence-corrected chi connectivity index (χ3v) is 1.84. The Morgan fingerprint density at radius 1 is 1.33 bits per heavy atom. The van der Waals surface area contributed by atoms with Crippen molar-refractivity contribution in [3.63, 3.8) is 0 Å². The zero-order valence-corrected chi connectivity index (χ0v) is 7.75. The Kier molecular flexibility index (Phi) is 6.54. The van der Waals surface area contributed by atoms with Crippen molar-refractivity contribution in [2.24, 2.45) is 0 Å². The summed E-state index contributed by atoms with van der Waals surface area (Å²) in [4.78, 5) is 1.94. The molecule has 0 heterocycles. The van der Waals surface area contributed by atoms with Crippen molar-refractivity contribution in [3.8, 4) is 12.0 Å². The van der Waals surface area contributed by atoms with E-state index in [1.54, 1.807) is 0 Å². The predicted molar refractivity (Wildman–Crippen MR) is 47.9 cm³/mol. The lowest BCUT2D eigenvalue weighted by Crippen LogP contribution is -2.34. The highest BCUT2D eigenvalue weighted by atomic mass is 16.3. The first kappa shape index (κ1) is 11.3. The number of hydrogen-bond donors (Lipinski definition) is 2. The third-order valence-electron chi connectivity index (χ3n) is 1.84. The number of aliphatic hydroxyl groups excluding tert-OH is 2. The fraction of sp³-hybridized carbons (Fsp3) is 0.778. The second-order valence-electron chi connectivity index (χ2n) is 2.53. The molecule has 0 spiro atoms. The Morgan fingerprint density at radius 2 is 1.92 bits per heavy atom. The van der Waals surface area contributed by atoms with Gasteiger partial charge in [-0.1, -0.05) is 19.8 Å². The molecule has 0 aromatic carbocycles. The van der Waals surface area contributed by atoms with Crippen LogP contribution in [0.4, 0.5) is 0 Å². The van der Waals surface area contributed by atoms with E-state index in [2.05, 4.69) is 5.92 Å². The van der Waals surface area contributed by atoms with Gasteiger partial charge >= 0.3 is 0 Å². The predicted octanol–water partition coefficient (Wildman–Crippen LogP) is 0.760. The van der Waals surface area contributed by atoms with Crippen molar-refractivity contribution in [1.29, 1.82) is 0 Å². The van der Waals surface area contributed by atoms with E-state index in [0.29, 0.717) is 12.8 Å². The Hall–Kier alpha value is -0.720. The topological polar surface area (TPSA) is 43.7 Å². The van der Waals surface area contributed by atoms with E-state index in [4.69, 9.17) is 5.11 Å². The van der Waals surface area contributed by atoms with Crippen molar-refractivity contribution < 1.29 is 10.2 Å². The second kappa shape index (κ2) is 6.96. The maximum atomic E-state index is 9.51. The van der Waals surface area contributed by atoms with Crippen molar-refractivity contribution >= 4 is 0 Å². The van der Waals surface area contributed by atoms with E-state index in [1.165, 1.54) is 0 Å². The smallest absolute Gasteiger partial charge is 0.108 e. The summed E-state index contributed by atoms with van der Waals surface area (Å²) < 4.78 is 0. The molecule has 0 aliphatic rings. The molecule has 2 N–H and O–H groups in total. The molecular formula is C9H17NO2. The summed E-state index contributed by atoms with van der Waals surface area (Å²) in [5.41, 5.74) is 0. The average Bonchev–Trinajstić information content (AvgIpc) is 2.07. The SMILES string of the molecule is CCN(CC)C(O)CCC#CO. The van der Waals surface area contributed by atoms with Crippen molar-refractivity contribution in [3.05, 3.63) is 0 Å². The van der Waals surface area contributed by atoms with Crippen LogP contribution in [0.5, 0.6) is 0 Å². The molecule has 0 aromatic rings. The van der Waals surface area contributed by atoms with E-state index in [9.17, 15) is 5.11 Å². The van der Waals surface area contributed by atoms with Gasteiger partial charge in [0.2, 0.25) is 0 Å². The quantitative estimate of drug-likeness (QED) is 0.474. The van der Waals surface area contributed by atoms with Crippen LogP contribution in [0.2, 0.25) is 0 Å². The molecule has 3 nitrogen and oxygen atoms in total. The number of rotatable bonds is 5. The lowest BCUT2D eigenvalue weighted by Gasteiger charge is -2.23. The fourth-order valence-corrected chi connectivity index (χ4v) is 1.08. The van der Waals surface area contributed by atoms with Crippen LogP contribution < -0.4 is 0 Å². The molecule has 0 radical (unpaired) electrons. The number of nitrogens with zero attached hydrogens (tertiary/aromatic N) is 1. The van der Waals surface area contributed by atoms with Crippen LogP contribution >= 0.6 is 0 Å². The molecule has 0 bridgehead atoms. The van der Waals surface area contributed by atoms with Gasteiger partial charge in [-0.25, -0.2) is 0 Å². The summed E-state index contributed by atoms with van der Waals surface area (Å²) in [6.07, 6.45) is 2.52. The number of hydrogen-bond acceptors (Lipinski definition) is 3. The normalized spacial score (nSPS) is 12.3. The lowest BCUT2D eigenvalue weighted by molar-refractivity contribution is 0.00577. The fourth-order valence-electron chi connectivity index (χ4n) is 1.08. The largest absolute Gasteiger partial charge is 0.462 e. The van der Waals surface area contributed by atoms with Crippen LogP contribution in [0.15, 0.2) is 0 Å². The molecule has 0 aromatic heterocycles. The first-order valence-electron chi connectivity index (χ1n) is 4.30.